The van der Waals surface area contributed by atoms with Crippen molar-refractivity contribution in [2.45, 2.75) is 25.8 Å². The van der Waals surface area contributed by atoms with Crippen molar-refractivity contribution in [3.8, 4) is 0 Å². The molecular weight excluding hydrogens is 276 g/mol. The SMILES string of the molecule is CCc1c(Cl)ncnc1N1CCC(N2CCOCC2)C1. The molecule has 2 fully saturated rings. The largest absolute Gasteiger partial charge is 0.379 e. The first-order chi connectivity index (χ1) is 9.79. The fourth-order valence-corrected chi connectivity index (χ4v) is 3.40. The van der Waals surface area contributed by atoms with E-state index in [4.69, 9.17) is 16.3 Å². The molecule has 1 atom stereocenters. The molecule has 0 amide bonds. The van der Waals surface area contributed by atoms with Crippen LogP contribution in [0.5, 0.6) is 0 Å². The van der Waals surface area contributed by atoms with E-state index in [-0.39, 0.29) is 0 Å². The van der Waals surface area contributed by atoms with Gasteiger partial charge in [0.15, 0.2) is 0 Å². The molecule has 20 heavy (non-hydrogen) atoms. The highest BCUT2D eigenvalue weighted by Crippen LogP contribution is 2.28. The Morgan fingerprint density at radius 1 is 1.30 bits per heavy atom. The average Bonchev–Trinajstić information content (AvgIpc) is 2.97. The van der Waals surface area contributed by atoms with Crippen molar-refractivity contribution in [3.63, 3.8) is 0 Å². The van der Waals surface area contributed by atoms with Crippen molar-refractivity contribution in [1.82, 2.24) is 14.9 Å². The lowest BCUT2D eigenvalue weighted by atomic mass is 10.2. The molecule has 0 radical (unpaired) electrons. The van der Waals surface area contributed by atoms with Gasteiger partial charge in [0.05, 0.1) is 13.2 Å². The van der Waals surface area contributed by atoms with Gasteiger partial charge in [-0.3, -0.25) is 4.90 Å². The molecule has 0 spiro atoms. The molecule has 1 unspecified atom stereocenters. The molecule has 6 heteroatoms. The van der Waals surface area contributed by atoms with Gasteiger partial charge >= 0.3 is 0 Å². The molecule has 3 heterocycles. The second-order valence-electron chi connectivity index (χ2n) is 5.36. The van der Waals surface area contributed by atoms with Crippen molar-refractivity contribution in [3.05, 3.63) is 17.0 Å². The second-order valence-corrected chi connectivity index (χ2v) is 5.72. The minimum atomic E-state index is 0.590. The van der Waals surface area contributed by atoms with Crippen LogP contribution < -0.4 is 4.90 Å². The van der Waals surface area contributed by atoms with Crippen LogP contribution in [0.25, 0.3) is 0 Å². The predicted octanol–water partition coefficient (Wildman–Crippen LogP) is 1.60. The van der Waals surface area contributed by atoms with E-state index < -0.39 is 0 Å². The van der Waals surface area contributed by atoms with Gasteiger partial charge in [-0.2, -0.15) is 0 Å². The second kappa shape index (κ2) is 6.24. The summed E-state index contributed by atoms with van der Waals surface area (Å²) in [5.41, 5.74) is 1.07. The normalized spacial score (nSPS) is 24.3. The van der Waals surface area contributed by atoms with E-state index in [1.54, 1.807) is 6.33 Å². The van der Waals surface area contributed by atoms with Crippen LogP contribution in [0.4, 0.5) is 5.82 Å². The zero-order valence-corrected chi connectivity index (χ0v) is 12.6. The molecule has 2 aliphatic rings. The fourth-order valence-electron chi connectivity index (χ4n) is 3.13. The number of aromatic nitrogens is 2. The quantitative estimate of drug-likeness (QED) is 0.793. The number of ether oxygens (including phenoxy) is 1. The smallest absolute Gasteiger partial charge is 0.137 e. The van der Waals surface area contributed by atoms with Crippen molar-refractivity contribution in [2.75, 3.05) is 44.3 Å². The van der Waals surface area contributed by atoms with E-state index in [2.05, 4.69) is 26.7 Å². The van der Waals surface area contributed by atoms with E-state index in [9.17, 15) is 0 Å². The topological polar surface area (TPSA) is 41.5 Å². The fraction of sp³-hybridized carbons (Fsp3) is 0.714. The summed E-state index contributed by atoms with van der Waals surface area (Å²) >= 11 is 6.19. The summed E-state index contributed by atoms with van der Waals surface area (Å²) in [7, 11) is 0. The Morgan fingerprint density at radius 3 is 2.85 bits per heavy atom. The van der Waals surface area contributed by atoms with Crippen molar-refractivity contribution in [2.24, 2.45) is 0 Å². The number of nitrogens with zero attached hydrogens (tertiary/aromatic N) is 4. The average molecular weight is 297 g/mol. The Labute approximate surface area is 124 Å². The van der Waals surface area contributed by atoms with Gasteiger partial charge < -0.3 is 9.64 Å². The summed E-state index contributed by atoms with van der Waals surface area (Å²) in [6, 6.07) is 0.609. The lowest BCUT2D eigenvalue weighted by Crippen LogP contribution is -2.44. The van der Waals surface area contributed by atoms with Crippen LogP contribution in [0.1, 0.15) is 18.9 Å². The Hall–Kier alpha value is -0.910. The Morgan fingerprint density at radius 2 is 2.10 bits per heavy atom. The minimum Gasteiger partial charge on any atom is -0.379 e. The monoisotopic (exact) mass is 296 g/mol. The number of hydrogen-bond donors (Lipinski definition) is 0. The maximum atomic E-state index is 6.19. The van der Waals surface area contributed by atoms with Crippen LogP contribution in [0, 0.1) is 0 Å². The van der Waals surface area contributed by atoms with Crippen LogP contribution >= 0.6 is 11.6 Å². The summed E-state index contributed by atoms with van der Waals surface area (Å²) in [4.78, 5) is 13.4. The minimum absolute atomic E-state index is 0.590. The molecule has 0 saturated carbocycles. The molecule has 2 saturated heterocycles. The van der Waals surface area contributed by atoms with E-state index in [1.807, 2.05) is 0 Å². The first kappa shape index (κ1) is 14.0. The van der Waals surface area contributed by atoms with Gasteiger partial charge in [0.2, 0.25) is 0 Å². The molecule has 0 bridgehead atoms. The maximum absolute atomic E-state index is 6.19. The van der Waals surface area contributed by atoms with E-state index in [1.165, 1.54) is 6.42 Å². The molecule has 1 aromatic rings. The Balaban J connectivity index is 1.72. The molecule has 2 aliphatic heterocycles. The Kier molecular flexibility index (Phi) is 4.38. The summed E-state index contributed by atoms with van der Waals surface area (Å²) in [6.07, 6.45) is 3.62. The zero-order valence-electron chi connectivity index (χ0n) is 11.9. The van der Waals surface area contributed by atoms with E-state index in [0.717, 1.165) is 57.2 Å². The third-order valence-corrected chi connectivity index (χ3v) is 4.57. The number of anilines is 1. The highest BCUT2D eigenvalue weighted by Gasteiger charge is 2.30. The van der Waals surface area contributed by atoms with Crippen molar-refractivity contribution >= 4 is 17.4 Å². The van der Waals surface area contributed by atoms with Gasteiger partial charge in [-0.05, 0) is 12.8 Å². The predicted molar refractivity (Wildman–Crippen MR) is 79.4 cm³/mol. The summed E-state index contributed by atoms with van der Waals surface area (Å²) < 4.78 is 5.43. The van der Waals surface area contributed by atoms with Gasteiger partial charge in [-0.1, -0.05) is 18.5 Å². The lowest BCUT2D eigenvalue weighted by molar-refractivity contribution is 0.0209. The summed E-state index contributed by atoms with van der Waals surface area (Å²) in [5.74, 6) is 1.02. The van der Waals surface area contributed by atoms with Crippen LogP contribution in [-0.4, -0.2) is 60.3 Å². The highest BCUT2D eigenvalue weighted by atomic mass is 35.5. The van der Waals surface area contributed by atoms with Crippen LogP contribution in [0.2, 0.25) is 5.15 Å². The number of halogens is 1. The molecule has 3 rings (SSSR count). The van der Waals surface area contributed by atoms with Crippen molar-refractivity contribution < 1.29 is 4.74 Å². The number of rotatable bonds is 3. The molecule has 0 aromatic carbocycles. The molecule has 0 aliphatic carbocycles. The molecule has 110 valence electrons. The summed E-state index contributed by atoms with van der Waals surface area (Å²) in [5, 5.41) is 0.590. The number of morpholine rings is 1. The summed E-state index contributed by atoms with van der Waals surface area (Å²) in [6.45, 7) is 7.98. The van der Waals surface area contributed by atoms with Crippen LogP contribution in [0.3, 0.4) is 0 Å². The lowest BCUT2D eigenvalue weighted by Gasteiger charge is -2.32. The number of hydrogen-bond acceptors (Lipinski definition) is 5. The van der Waals surface area contributed by atoms with Crippen molar-refractivity contribution in [1.29, 1.82) is 0 Å². The van der Waals surface area contributed by atoms with Gasteiger partial charge in [-0.25, -0.2) is 9.97 Å². The standard InChI is InChI=1S/C14H21ClN4O/c1-2-12-13(15)16-10-17-14(12)19-4-3-11(9-19)18-5-7-20-8-6-18/h10-11H,2-9H2,1H3. The zero-order chi connectivity index (χ0) is 13.9. The molecular formula is C14H21ClN4O. The van der Waals surface area contributed by atoms with Crippen LogP contribution in [0.15, 0.2) is 6.33 Å². The third-order valence-electron chi connectivity index (χ3n) is 4.25. The van der Waals surface area contributed by atoms with Gasteiger partial charge in [0.1, 0.15) is 17.3 Å². The van der Waals surface area contributed by atoms with Crippen LogP contribution in [-0.2, 0) is 11.2 Å². The maximum Gasteiger partial charge on any atom is 0.137 e. The highest BCUT2D eigenvalue weighted by molar-refractivity contribution is 6.30. The van der Waals surface area contributed by atoms with Gasteiger partial charge in [0.25, 0.3) is 0 Å². The first-order valence-electron chi connectivity index (χ1n) is 7.35. The first-order valence-corrected chi connectivity index (χ1v) is 7.73. The molecule has 0 N–H and O–H groups in total. The van der Waals surface area contributed by atoms with Gasteiger partial charge in [-0.15, -0.1) is 0 Å². The molecule has 5 nitrogen and oxygen atoms in total. The molecule has 1 aromatic heterocycles. The van der Waals surface area contributed by atoms with E-state index >= 15 is 0 Å². The third kappa shape index (κ3) is 2.75. The Bertz CT molecular complexity index is 464. The van der Waals surface area contributed by atoms with E-state index in [0.29, 0.717) is 11.2 Å². The van der Waals surface area contributed by atoms with Gasteiger partial charge in [0, 0.05) is 37.8 Å².